The van der Waals surface area contributed by atoms with Crippen molar-refractivity contribution in [2.24, 2.45) is 0 Å². The summed E-state index contributed by atoms with van der Waals surface area (Å²) < 4.78 is 0. The molecular weight excluding hydrogens is 268 g/mol. The molecule has 1 amide bonds. The number of nitrogens with one attached hydrogen (secondary N) is 1. The van der Waals surface area contributed by atoms with Crippen LogP contribution in [0.25, 0.3) is 0 Å². The smallest absolute Gasteiger partial charge is 0.225 e. The first-order valence-electron chi connectivity index (χ1n) is 7.42. The van der Waals surface area contributed by atoms with Gasteiger partial charge < -0.3 is 15.3 Å². The SMILES string of the molecule is CNC(=O)CCC1(O)CCCN(c2nc(C)cc(C)n2)C1. The molecule has 6 heteroatoms. The minimum absolute atomic E-state index is 0.0387. The summed E-state index contributed by atoms with van der Waals surface area (Å²) in [6.07, 6.45) is 2.40. The van der Waals surface area contributed by atoms with Crippen molar-refractivity contribution < 1.29 is 9.90 Å². The largest absolute Gasteiger partial charge is 0.388 e. The van der Waals surface area contributed by atoms with E-state index in [1.54, 1.807) is 7.05 Å². The molecule has 1 atom stereocenters. The molecule has 1 saturated heterocycles. The van der Waals surface area contributed by atoms with Crippen LogP contribution in [0.3, 0.4) is 0 Å². The predicted molar refractivity (Wildman–Crippen MR) is 81.2 cm³/mol. The third-order valence-electron chi connectivity index (χ3n) is 3.90. The van der Waals surface area contributed by atoms with Gasteiger partial charge >= 0.3 is 0 Å². The summed E-state index contributed by atoms with van der Waals surface area (Å²) in [5, 5.41) is 13.3. The van der Waals surface area contributed by atoms with Crippen LogP contribution in [0, 0.1) is 13.8 Å². The van der Waals surface area contributed by atoms with Crippen molar-refractivity contribution in [3.05, 3.63) is 17.5 Å². The number of carbonyl (C=O) groups is 1. The van der Waals surface area contributed by atoms with Crippen LogP contribution in [0.15, 0.2) is 6.07 Å². The highest BCUT2D eigenvalue weighted by Gasteiger charge is 2.34. The highest BCUT2D eigenvalue weighted by molar-refractivity contribution is 5.75. The summed E-state index contributed by atoms with van der Waals surface area (Å²) in [5.41, 5.74) is 1.01. The summed E-state index contributed by atoms with van der Waals surface area (Å²) in [4.78, 5) is 22.3. The van der Waals surface area contributed by atoms with E-state index in [0.717, 1.165) is 24.4 Å². The summed E-state index contributed by atoms with van der Waals surface area (Å²) in [5.74, 6) is 0.633. The monoisotopic (exact) mass is 292 g/mol. The van der Waals surface area contributed by atoms with Crippen LogP contribution < -0.4 is 10.2 Å². The van der Waals surface area contributed by atoms with Gasteiger partial charge in [-0.05, 0) is 39.2 Å². The Labute approximate surface area is 125 Å². The van der Waals surface area contributed by atoms with E-state index in [1.165, 1.54) is 0 Å². The quantitative estimate of drug-likeness (QED) is 0.864. The maximum atomic E-state index is 11.4. The number of aromatic nitrogens is 2. The van der Waals surface area contributed by atoms with E-state index in [-0.39, 0.29) is 5.91 Å². The topological polar surface area (TPSA) is 78.4 Å². The van der Waals surface area contributed by atoms with Gasteiger partial charge in [-0.15, -0.1) is 0 Å². The molecule has 116 valence electrons. The number of amides is 1. The zero-order valence-corrected chi connectivity index (χ0v) is 13.0. The van der Waals surface area contributed by atoms with E-state index in [2.05, 4.69) is 15.3 Å². The molecule has 21 heavy (non-hydrogen) atoms. The van der Waals surface area contributed by atoms with Gasteiger partial charge in [0.05, 0.1) is 5.60 Å². The van der Waals surface area contributed by atoms with Gasteiger partial charge in [0.25, 0.3) is 0 Å². The third-order valence-corrected chi connectivity index (χ3v) is 3.90. The minimum Gasteiger partial charge on any atom is -0.388 e. The van der Waals surface area contributed by atoms with Crippen LogP contribution in [0.1, 0.15) is 37.1 Å². The van der Waals surface area contributed by atoms with Gasteiger partial charge in [0.15, 0.2) is 0 Å². The predicted octanol–water partition coefficient (Wildman–Crippen LogP) is 0.951. The fourth-order valence-electron chi connectivity index (χ4n) is 2.81. The number of aryl methyl sites for hydroxylation is 2. The average molecular weight is 292 g/mol. The number of β-amino-alcohol motifs (C(OH)–C–C–N with tert-alkyl or cyclic N) is 1. The number of carbonyl (C=O) groups excluding carboxylic acids is 1. The number of anilines is 1. The Morgan fingerprint density at radius 1 is 1.43 bits per heavy atom. The van der Waals surface area contributed by atoms with Crippen LogP contribution in [-0.2, 0) is 4.79 Å². The van der Waals surface area contributed by atoms with Crippen molar-refractivity contribution in [3.8, 4) is 0 Å². The second-order valence-electron chi connectivity index (χ2n) is 5.87. The van der Waals surface area contributed by atoms with Gasteiger partial charge in [-0.25, -0.2) is 9.97 Å². The van der Waals surface area contributed by atoms with Crippen LogP contribution in [-0.4, -0.2) is 46.7 Å². The lowest BCUT2D eigenvalue weighted by atomic mass is 9.88. The van der Waals surface area contributed by atoms with Gasteiger partial charge in [-0.3, -0.25) is 4.79 Å². The van der Waals surface area contributed by atoms with Gasteiger partial charge in [-0.2, -0.15) is 0 Å². The van der Waals surface area contributed by atoms with Crippen molar-refractivity contribution in [1.82, 2.24) is 15.3 Å². The lowest BCUT2D eigenvalue weighted by Gasteiger charge is -2.39. The zero-order chi connectivity index (χ0) is 15.5. The first-order valence-corrected chi connectivity index (χ1v) is 7.42. The van der Waals surface area contributed by atoms with Crippen LogP contribution in [0.5, 0.6) is 0 Å². The van der Waals surface area contributed by atoms with Crippen LogP contribution in [0.2, 0.25) is 0 Å². The highest BCUT2D eigenvalue weighted by atomic mass is 16.3. The molecule has 1 aliphatic rings. The fourth-order valence-corrected chi connectivity index (χ4v) is 2.81. The number of aliphatic hydroxyl groups is 1. The Morgan fingerprint density at radius 2 is 2.10 bits per heavy atom. The molecule has 2 N–H and O–H groups in total. The van der Waals surface area contributed by atoms with Crippen molar-refractivity contribution in [2.45, 2.75) is 45.1 Å². The fraction of sp³-hybridized carbons (Fsp3) is 0.667. The Morgan fingerprint density at radius 3 is 2.71 bits per heavy atom. The van der Waals surface area contributed by atoms with E-state index in [4.69, 9.17) is 0 Å². The van der Waals surface area contributed by atoms with E-state index < -0.39 is 5.60 Å². The van der Waals surface area contributed by atoms with E-state index in [0.29, 0.717) is 31.8 Å². The van der Waals surface area contributed by atoms with Crippen molar-refractivity contribution in [2.75, 3.05) is 25.0 Å². The molecule has 2 rings (SSSR count). The van der Waals surface area contributed by atoms with Gasteiger partial charge in [0.1, 0.15) is 0 Å². The molecule has 0 aromatic carbocycles. The number of hydrogen-bond donors (Lipinski definition) is 2. The molecule has 1 unspecified atom stereocenters. The van der Waals surface area contributed by atoms with E-state index in [9.17, 15) is 9.90 Å². The highest BCUT2D eigenvalue weighted by Crippen LogP contribution is 2.28. The zero-order valence-electron chi connectivity index (χ0n) is 13.0. The summed E-state index contributed by atoms with van der Waals surface area (Å²) in [6, 6.07) is 1.94. The first-order chi connectivity index (χ1) is 9.92. The molecule has 1 aromatic rings. The molecular formula is C15H24N4O2. The molecule has 0 saturated carbocycles. The van der Waals surface area contributed by atoms with Gasteiger partial charge in [0, 0.05) is 37.9 Å². The summed E-state index contributed by atoms with van der Waals surface area (Å²) in [6.45, 7) is 5.21. The third kappa shape index (κ3) is 4.14. The van der Waals surface area contributed by atoms with Crippen LogP contribution >= 0.6 is 0 Å². The standard InChI is InChI=1S/C15H24N4O2/c1-11-9-12(2)18-14(17-11)19-8-4-6-15(21,10-19)7-5-13(20)16-3/h9,21H,4-8,10H2,1-3H3,(H,16,20). The normalized spacial score (nSPS) is 22.2. The molecule has 2 heterocycles. The maximum absolute atomic E-state index is 11.4. The Bertz CT molecular complexity index is 500. The average Bonchev–Trinajstić information content (AvgIpc) is 2.44. The molecule has 1 aliphatic heterocycles. The lowest BCUT2D eigenvalue weighted by molar-refractivity contribution is -0.122. The molecule has 0 aliphatic carbocycles. The summed E-state index contributed by atoms with van der Waals surface area (Å²) >= 11 is 0. The molecule has 0 spiro atoms. The Hall–Kier alpha value is -1.69. The number of nitrogens with zero attached hydrogens (tertiary/aromatic N) is 3. The molecule has 0 radical (unpaired) electrons. The van der Waals surface area contributed by atoms with Crippen molar-refractivity contribution in [1.29, 1.82) is 0 Å². The number of hydrogen-bond acceptors (Lipinski definition) is 5. The second kappa shape index (κ2) is 6.39. The van der Waals surface area contributed by atoms with Gasteiger partial charge in [-0.1, -0.05) is 0 Å². The molecule has 0 bridgehead atoms. The number of rotatable bonds is 4. The van der Waals surface area contributed by atoms with E-state index >= 15 is 0 Å². The lowest BCUT2D eigenvalue weighted by Crippen LogP contribution is -2.49. The molecule has 1 fully saturated rings. The molecule has 1 aromatic heterocycles. The Balaban J connectivity index is 2.07. The minimum atomic E-state index is -0.841. The second-order valence-corrected chi connectivity index (χ2v) is 5.87. The van der Waals surface area contributed by atoms with Crippen molar-refractivity contribution >= 4 is 11.9 Å². The van der Waals surface area contributed by atoms with Crippen molar-refractivity contribution in [3.63, 3.8) is 0 Å². The van der Waals surface area contributed by atoms with Crippen LogP contribution in [0.4, 0.5) is 5.95 Å². The Kier molecular flexibility index (Phi) is 4.77. The number of piperidine rings is 1. The first kappa shape index (κ1) is 15.7. The van der Waals surface area contributed by atoms with Gasteiger partial charge in [0.2, 0.25) is 11.9 Å². The maximum Gasteiger partial charge on any atom is 0.225 e. The van der Waals surface area contributed by atoms with E-state index in [1.807, 2.05) is 24.8 Å². The molecule has 6 nitrogen and oxygen atoms in total. The summed E-state index contributed by atoms with van der Waals surface area (Å²) in [7, 11) is 1.61.